The van der Waals surface area contributed by atoms with Gasteiger partial charge in [0.1, 0.15) is 0 Å². The molecule has 0 saturated carbocycles. The van der Waals surface area contributed by atoms with Crippen molar-refractivity contribution in [3.8, 4) is 0 Å². The molecular weight excluding hydrogens is 625 g/mol. The molecule has 0 saturated heterocycles. The molecule has 0 fully saturated rings. The summed E-state index contributed by atoms with van der Waals surface area (Å²) < 4.78 is 0. The summed E-state index contributed by atoms with van der Waals surface area (Å²) in [6.45, 7) is 0. The Morgan fingerprint density at radius 2 is 0.923 bits per heavy atom. The van der Waals surface area contributed by atoms with E-state index in [0.717, 1.165) is 0 Å². The van der Waals surface area contributed by atoms with Crippen molar-refractivity contribution < 1.29 is 201 Å². The van der Waals surface area contributed by atoms with E-state index in [-0.39, 0.29) is 210 Å². The van der Waals surface area contributed by atoms with E-state index in [1.165, 1.54) is 0 Å². The van der Waals surface area contributed by atoms with Crippen LogP contribution in [0.5, 0.6) is 0 Å². The number of hydrogen-bond donors (Lipinski definition) is 2. The zero-order valence-electron chi connectivity index (χ0n) is 7.79. The third kappa shape index (κ3) is 46.2. The molecule has 0 rings (SSSR count). The van der Waals surface area contributed by atoms with Crippen LogP contribution in [0.3, 0.4) is 0 Å². The van der Waals surface area contributed by atoms with Crippen LogP contribution in [-0.4, -0.2) is 6.03 Å². The van der Waals surface area contributed by atoms with Gasteiger partial charge in [-0.3, -0.25) is 18.9 Å². The molecule has 0 aliphatic carbocycles. The first kappa shape index (κ1) is 51.0. The van der Waals surface area contributed by atoms with Gasteiger partial charge >= 0.3 is 0 Å². The molecule has 0 aliphatic heterocycles. The standard InChI is InChI=1S/C3H6N2O.CH3.6Y/c1-4-3(6)5-2;;;;;;;/h1-2H2,(H2,4,5,6);1H3;;;;;;/q-2;-1;;;;;;. The molecule has 3 nitrogen and oxygen atoms in total. The molecule has 2 N–H and O–H groups in total. The van der Waals surface area contributed by atoms with E-state index in [9.17, 15) is 4.79 Å². The largest absolute Gasteiger partial charge is 0.492 e. The average molecular weight is 635 g/mol. The Bertz CT molecular complexity index is 60.6. The fourth-order valence-electron chi connectivity index (χ4n) is 0.0625. The van der Waals surface area contributed by atoms with E-state index in [1.54, 1.807) is 0 Å². The van der Waals surface area contributed by atoms with Crippen LogP contribution in [0.2, 0.25) is 0 Å². The Kier molecular flexibility index (Phi) is 169. The molecule has 0 aromatic rings. The van der Waals surface area contributed by atoms with Crippen LogP contribution in [0.4, 0.5) is 4.79 Å². The quantitative estimate of drug-likeness (QED) is 0.371. The molecule has 0 atom stereocenters. The van der Waals surface area contributed by atoms with Gasteiger partial charge in [0.25, 0.3) is 6.03 Å². The third-order valence-electron chi connectivity index (χ3n) is 0.321. The van der Waals surface area contributed by atoms with Gasteiger partial charge in [0.05, 0.1) is 0 Å². The van der Waals surface area contributed by atoms with Crippen LogP contribution in [0.1, 0.15) is 0 Å². The van der Waals surface area contributed by atoms with Gasteiger partial charge in [-0.25, -0.2) is 0 Å². The SMILES string of the molecule is [CH2-]NC(=O)N[CH2-].[CH3-].[Y].[Y].[Y].[Y].[Y].[Y]. The summed E-state index contributed by atoms with van der Waals surface area (Å²) in [5.74, 6) is 0. The molecule has 2 amide bonds. The molecular formula is C4H9N2OY6-3. The maximum absolute atomic E-state index is 9.83. The first-order valence-electron chi connectivity index (χ1n) is 1.41. The van der Waals surface area contributed by atoms with E-state index in [1.807, 2.05) is 0 Å². The Balaban J connectivity index is -0.00000000595. The molecule has 9 heteroatoms. The van der Waals surface area contributed by atoms with Crippen molar-refractivity contribution >= 4 is 6.03 Å². The average Bonchev–Trinajstić information content (AvgIpc) is 1.65. The van der Waals surface area contributed by atoms with E-state index < -0.39 is 0 Å². The summed E-state index contributed by atoms with van der Waals surface area (Å²) in [4.78, 5) is 9.83. The number of rotatable bonds is 0. The predicted octanol–water partition coefficient (Wildman–Crippen LogP) is 0.304. The van der Waals surface area contributed by atoms with E-state index >= 15 is 0 Å². The second-order valence-corrected chi connectivity index (χ2v) is 0.683. The Morgan fingerprint density at radius 3 is 0.923 bits per heavy atom. The molecule has 6 radical (unpaired) electrons. The van der Waals surface area contributed by atoms with Crippen molar-refractivity contribution in [2.75, 3.05) is 0 Å². The minimum absolute atomic E-state index is 0. The zero-order valence-corrected chi connectivity index (χ0v) is 24.8. The third-order valence-corrected chi connectivity index (χ3v) is 0.321. The minimum Gasteiger partial charge on any atom is -0.492 e. The smallest absolute Gasteiger partial charge is 0.255 e. The maximum Gasteiger partial charge on any atom is 0.255 e. The maximum atomic E-state index is 9.83. The summed E-state index contributed by atoms with van der Waals surface area (Å²) in [7, 11) is 6.11. The molecule has 0 aliphatic rings. The number of nitrogens with one attached hydrogen (secondary N) is 2. The van der Waals surface area contributed by atoms with Crippen LogP contribution in [0.25, 0.3) is 0 Å². The van der Waals surface area contributed by atoms with Crippen LogP contribution in [-0.2, 0) is 196 Å². The van der Waals surface area contributed by atoms with Crippen molar-refractivity contribution in [2.45, 2.75) is 0 Å². The molecule has 0 unspecified atom stereocenters. The van der Waals surface area contributed by atoms with Crippen molar-refractivity contribution in [2.24, 2.45) is 0 Å². The summed E-state index contributed by atoms with van der Waals surface area (Å²) in [5.41, 5.74) is 0. The van der Waals surface area contributed by atoms with Crippen LogP contribution in [0, 0.1) is 21.5 Å². The number of amides is 2. The first-order valence-corrected chi connectivity index (χ1v) is 1.41. The number of hydrogen-bond acceptors (Lipinski definition) is 1. The summed E-state index contributed by atoms with van der Waals surface area (Å²) in [6, 6.07) is -0.380. The predicted molar refractivity (Wildman–Crippen MR) is 28.8 cm³/mol. The first-order chi connectivity index (χ1) is 2.81. The van der Waals surface area contributed by atoms with Crippen LogP contribution < -0.4 is 10.6 Å². The van der Waals surface area contributed by atoms with Crippen molar-refractivity contribution in [1.29, 1.82) is 0 Å². The van der Waals surface area contributed by atoms with Gasteiger partial charge in [0.2, 0.25) is 0 Å². The summed E-state index contributed by atoms with van der Waals surface area (Å²) in [5, 5.41) is 4.10. The molecule has 0 aromatic carbocycles. The Labute approximate surface area is 232 Å². The molecule has 0 heterocycles. The summed E-state index contributed by atoms with van der Waals surface area (Å²) in [6.07, 6.45) is 0. The van der Waals surface area contributed by atoms with Gasteiger partial charge < -0.3 is 18.1 Å². The Hall–Kier alpha value is 5.89. The van der Waals surface area contributed by atoms with E-state index in [4.69, 9.17) is 0 Å². The van der Waals surface area contributed by atoms with Gasteiger partial charge in [-0.1, -0.05) is 0 Å². The normalized spacial score (nSPS) is 3.23. The fraction of sp³-hybridized carbons (Fsp3) is 0. The van der Waals surface area contributed by atoms with Gasteiger partial charge in [0.15, 0.2) is 0 Å². The number of carbonyl (C=O) groups is 1. The molecule has 0 aromatic heterocycles. The van der Waals surface area contributed by atoms with Gasteiger partial charge in [-0.05, 0) is 0 Å². The van der Waals surface area contributed by atoms with Crippen LogP contribution >= 0.6 is 0 Å². The Morgan fingerprint density at radius 1 is 0.769 bits per heavy atom. The van der Waals surface area contributed by atoms with Gasteiger partial charge in [-0.15, -0.1) is 0 Å². The topological polar surface area (TPSA) is 41.1 Å². The van der Waals surface area contributed by atoms with E-state index in [0.29, 0.717) is 0 Å². The second-order valence-electron chi connectivity index (χ2n) is 0.683. The fourth-order valence-corrected chi connectivity index (χ4v) is 0.0625. The van der Waals surface area contributed by atoms with E-state index in [2.05, 4.69) is 24.7 Å². The number of carbonyl (C=O) groups excluding carboxylic acids is 1. The van der Waals surface area contributed by atoms with Gasteiger partial charge in [0, 0.05) is 196 Å². The number of urea groups is 1. The molecule has 13 heavy (non-hydrogen) atoms. The van der Waals surface area contributed by atoms with Crippen molar-refractivity contribution in [3.63, 3.8) is 0 Å². The zero-order chi connectivity index (χ0) is 4.99. The van der Waals surface area contributed by atoms with Crippen molar-refractivity contribution in [1.82, 2.24) is 10.6 Å². The second kappa shape index (κ2) is 43.0. The van der Waals surface area contributed by atoms with Gasteiger partial charge in [-0.2, -0.15) is 0 Å². The molecule has 0 spiro atoms. The monoisotopic (exact) mass is 635 g/mol. The summed E-state index contributed by atoms with van der Waals surface area (Å²) >= 11 is 0. The molecule has 62 valence electrons. The minimum atomic E-state index is -0.380. The molecule has 0 bridgehead atoms. The van der Waals surface area contributed by atoms with Crippen molar-refractivity contribution in [3.05, 3.63) is 21.5 Å². The van der Waals surface area contributed by atoms with Crippen LogP contribution in [0.15, 0.2) is 0 Å².